The standard InChI is InChI=1S/C16H31N3O/c1-5-7-9-13-15(20)19(14(6-2)17-13)12-16(18(3)4)10-8-11-16/h13-14,17H,5-12H2,1-4H3. The molecule has 1 aliphatic heterocycles. The van der Waals surface area contributed by atoms with Gasteiger partial charge in [0.15, 0.2) is 0 Å². The van der Waals surface area contributed by atoms with Crippen LogP contribution in [-0.4, -0.2) is 54.1 Å². The zero-order valence-electron chi connectivity index (χ0n) is 13.6. The van der Waals surface area contributed by atoms with Gasteiger partial charge in [0.05, 0.1) is 12.2 Å². The van der Waals surface area contributed by atoms with E-state index >= 15 is 0 Å². The van der Waals surface area contributed by atoms with Gasteiger partial charge in [0, 0.05) is 12.1 Å². The third kappa shape index (κ3) is 2.86. The molecule has 0 bridgehead atoms. The summed E-state index contributed by atoms with van der Waals surface area (Å²) in [7, 11) is 4.31. The molecule has 0 aromatic heterocycles. The number of hydrogen-bond donors (Lipinski definition) is 1. The van der Waals surface area contributed by atoms with Gasteiger partial charge in [-0.1, -0.05) is 26.7 Å². The molecule has 2 atom stereocenters. The SMILES string of the molecule is CCCCC1NC(CC)N(CC2(N(C)C)CCC2)C1=O. The lowest BCUT2D eigenvalue weighted by Crippen LogP contribution is -2.59. The summed E-state index contributed by atoms with van der Waals surface area (Å²) in [4.78, 5) is 17.1. The molecule has 1 amide bonds. The molecule has 1 heterocycles. The summed E-state index contributed by atoms with van der Waals surface area (Å²) in [6.45, 7) is 5.25. The summed E-state index contributed by atoms with van der Waals surface area (Å²) in [6.07, 6.45) is 8.25. The van der Waals surface area contributed by atoms with Crippen molar-refractivity contribution < 1.29 is 4.79 Å². The quantitative estimate of drug-likeness (QED) is 0.777. The van der Waals surface area contributed by atoms with Crippen LogP contribution >= 0.6 is 0 Å². The number of carbonyl (C=O) groups excluding carboxylic acids is 1. The van der Waals surface area contributed by atoms with E-state index in [9.17, 15) is 4.79 Å². The van der Waals surface area contributed by atoms with Crippen LogP contribution in [0.3, 0.4) is 0 Å². The van der Waals surface area contributed by atoms with Crippen molar-refractivity contribution >= 4 is 5.91 Å². The fourth-order valence-corrected chi connectivity index (χ4v) is 3.54. The van der Waals surface area contributed by atoms with E-state index in [1.54, 1.807) is 0 Å². The van der Waals surface area contributed by atoms with Crippen LogP contribution < -0.4 is 5.32 Å². The third-order valence-electron chi connectivity index (χ3n) is 5.28. The smallest absolute Gasteiger partial charge is 0.241 e. The maximum absolute atomic E-state index is 12.7. The van der Waals surface area contributed by atoms with Crippen LogP contribution in [0.5, 0.6) is 0 Å². The van der Waals surface area contributed by atoms with E-state index in [-0.39, 0.29) is 17.7 Å². The number of nitrogens with zero attached hydrogens (tertiary/aromatic N) is 2. The molecule has 1 aliphatic carbocycles. The van der Waals surface area contributed by atoms with Crippen molar-refractivity contribution in [2.75, 3.05) is 20.6 Å². The lowest BCUT2D eigenvalue weighted by molar-refractivity contribution is -0.133. The van der Waals surface area contributed by atoms with Gasteiger partial charge in [-0.05, 0) is 46.2 Å². The fourth-order valence-electron chi connectivity index (χ4n) is 3.54. The zero-order valence-corrected chi connectivity index (χ0v) is 13.6. The van der Waals surface area contributed by atoms with E-state index < -0.39 is 0 Å². The molecule has 0 aromatic carbocycles. The van der Waals surface area contributed by atoms with Gasteiger partial charge in [0.1, 0.15) is 0 Å². The Hall–Kier alpha value is -0.610. The first kappa shape index (κ1) is 15.8. The molecule has 0 radical (unpaired) electrons. The maximum atomic E-state index is 12.7. The zero-order chi connectivity index (χ0) is 14.8. The lowest BCUT2D eigenvalue weighted by atomic mass is 9.75. The lowest BCUT2D eigenvalue weighted by Gasteiger charge is -2.49. The van der Waals surface area contributed by atoms with E-state index in [1.807, 2.05) is 0 Å². The second kappa shape index (κ2) is 6.44. The fraction of sp³-hybridized carbons (Fsp3) is 0.938. The Labute approximate surface area is 123 Å². The molecule has 1 saturated heterocycles. The largest absolute Gasteiger partial charge is 0.324 e. The molecule has 1 N–H and O–H groups in total. The van der Waals surface area contributed by atoms with Gasteiger partial charge in [0.2, 0.25) is 5.91 Å². The minimum atomic E-state index is 0.0548. The molecule has 1 saturated carbocycles. The van der Waals surface area contributed by atoms with Crippen molar-refractivity contribution in [2.24, 2.45) is 0 Å². The van der Waals surface area contributed by atoms with Gasteiger partial charge in [-0.15, -0.1) is 0 Å². The number of likely N-dealkylation sites (N-methyl/N-ethyl adjacent to an activating group) is 1. The number of carbonyl (C=O) groups is 1. The second-order valence-corrected chi connectivity index (χ2v) is 6.72. The average Bonchev–Trinajstić information content (AvgIpc) is 2.67. The number of unbranched alkanes of at least 4 members (excludes halogenated alkanes) is 1. The Morgan fingerprint density at radius 3 is 2.50 bits per heavy atom. The summed E-state index contributed by atoms with van der Waals surface area (Å²) < 4.78 is 0. The van der Waals surface area contributed by atoms with Gasteiger partial charge >= 0.3 is 0 Å². The number of rotatable bonds is 7. The van der Waals surface area contributed by atoms with Gasteiger partial charge in [-0.2, -0.15) is 0 Å². The van der Waals surface area contributed by atoms with Crippen molar-refractivity contribution in [3.05, 3.63) is 0 Å². The van der Waals surface area contributed by atoms with Crippen LogP contribution in [0.2, 0.25) is 0 Å². The Morgan fingerprint density at radius 1 is 1.35 bits per heavy atom. The Morgan fingerprint density at radius 2 is 2.05 bits per heavy atom. The summed E-state index contributed by atoms with van der Waals surface area (Å²) in [6, 6.07) is 0.0548. The van der Waals surface area contributed by atoms with E-state index in [0.29, 0.717) is 5.91 Å². The number of nitrogens with one attached hydrogen (secondary N) is 1. The third-order valence-corrected chi connectivity index (χ3v) is 5.28. The van der Waals surface area contributed by atoms with Crippen LogP contribution in [-0.2, 0) is 4.79 Å². The highest BCUT2D eigenvalue weighted by Gasteiger charge is 2.46. The molecular weight excluding hydrogens is 250 g/mol. The highest BCUT2D eigenvalue weighted by Crippen LogP contribution is 2.38. The Bertz CT molecular complexity index is 339. The molecule has 2 fully saturated rings. The molecule has 20 heavy (non-hydrogen) atoms. The monoisotopic (exact) mass is 281 g/mol. The summed E-state index contributed by atoms with van der Waals surface area (Å²) in [5.74, 6) is 0.332. The molecule has 4 heteroatoms. The molecule has 4 nitrogen and oxygen atoms in total. The number of hydrogen-bond acceptors (Lipinski definition) is 3. The topological polar surface area (TPSA) is 35.6 Å². The normalized spacial score (nSPS) is 29.1. The molecular formula is C16H31N3O. The first-order valence-corrected chi connectivity index (χ1v) is 8.28. The Kier molecular flexibility index (Phi) is 5.08. The molecule has 2 unspecified atom stereocenters. The van der Waals surface area contributed by atoms with Crippen molar-refractivity contribution in [1.82, 2.24) is 15.1 Å². The van der Waals surface area contributed by atoms with E-state index in [2.05, 4.69) is 43.1 Å². The van der Waals surface area contributed by atoms with Gasteiger partial charge in [-0.25, -0.2) is 0 Å². The van der Waals surface area contributed by atoms with Crippen LogP contribution in [0.15, 0.2) is 0 Å². The van der Waals surface area contributed by atoms with Crippen LogP contribution in [0.25, 0.3) is 0 Å². The predicted molar refractivity (Wildman–Crippen MR) is 82.5 cm³/mol. The minimum Gasteiger partial charge on any atom is -0.324 e. The van der Waals surface area contributed by atoms with Gasteiger partial charge < -0.3 is 9.80 Å². The van der Waals surface area contributed by atoms with Crippen molar-refractivity contribution in [1.29, 1.82) is 0 Å². The van der Waals surface area contributed by atoms with Crippen LogP contribution in [0.1, 0.15) is 58.8 Å². The first-order valence-electron chi connectivity index (χ1n) is 8.28. The second-order valence-electron chi connectivity index (χ2n) is 6.72. The first-order chi connectivity index (χ1) is 9.54. The number of amides is 1. The van der Waals surface area contributed by atoms with E-state index in [1.165, 1.54) is 19.3 Å². The van der Waals surface area contributed by atoms with Gasteiger partial charge in [0.25, 0.3) is 0 Å². The van der Waals surface area contributed by atoms with Crippen molar-refractivity contribution in [2.45, 2.75) is 76.5 Å². The minimum absolute atomic E-state index is 0.0548. The van der Waals surface area contributed by atoms with Crippen LogP contribution in [0.4, 0.5) is 0 Å². The molecule has 116 valence electrons. The predicted octanol–water partition coefficient (Wildman–Crippen LogP) is 2.20. The molecule has 0 aromatic rings. The van der Waals surface area contributed by atoms with Crippen LogP contribution in [0, 0.1) is 0 Å². The summed E-state index contributed by atoms with van der Waals surface area (Å²) in [5.41, 5.74) is 0.227. The molecule has 2 aliphatic rings. The summed E-state index contributed by atoms with van der Waals surface area (Å²) in [5, 5.41) is 3.54. The highest BCUT2D eigenvalue weighted by molar-refractivity contribution is 5.84. The van der Waals surface area contributed by atoms with Gasteiger partial charge in [-0.3, -0.25) is 10.1 Å². The summed E-state index contributed by atoms with van der Waals surface area (Å²) >= 11 is 0. The average molecular weight is 281 g/mol. The molecule has 2 rings (SSSR count). The highest BCUT2D eigenvalue weighted by atomic mass is 16.2. The van der Waals surface area contributed by atoms with Crippen molar-refractivity contribution in [3.63, 3.8) is 0 Å². The van der Waals surface area contributed by atoms with E-state index in [4.69, 9.17) is 0 Å². The maximum Gasteiger partial charge on any atom is 0.241 e. The molecule has 0 spiro atoms. The Balaban J connectivity index is 2.03. The van der Waals surface area contributed by atoms with E-state index in [0.717, 1.165) is 32.2 Å². The van der Waals surface area contributed by atoms with Crippen molar-refractivity contribution in [3.8, 4) is 0 Å².